The molecule has 0 aliphatic heterocycles. The Morgan fingerprint density at radius 3 is 2.34 bits per heavy atom. The van der Waals surface area contributed by atoms with E-state index in [0.29, 0.717) is 44.9 Å². The van der Waals surface area contributed by atoms with Crippen LogP contribution in [0.25, 0.3) is 10.8 Å². The Morgan fingerprint density at radius 1 is 0.732 bits per heavy atom. The molecule has 9 nitrogen and oxygen atoms in total. The molecule has 0 atom stereocenters. The fourth-order valence-corrected chi connectivity index (χ4v) is 4.25. The van der Waals surface area contributed by atoms with Crippen molar-refractivity contribution in [1.82, 2.24) is 0 Å². The number of aromatic hydroxyl groups is 1. The zero-order chi connectivity index (χ0) is 28.8. The second-order valence-corrected chi connectivity index (χ2v) is 8.93. The van der Waals surface area contributed by atoms with Gasteiger partial charge < -0.3 is 25.2 Å². The molecule has 204 valence electrons. The van der Waals surface area contributed by atoms with Crippen molar-refractivity contribution in [3.63, 3.8) is 0 Å². The van der Waals surface area contributed by atoms with Gasteiger partial charge in [-0.15, -0.1) is 5.11 Å². The van der Waals surface area contributed by atoms with Gasteiger partial charge in [0.2, 0.25) is 0 Å². The number of hydrogen-bond acceptors (Lipinski definition) is 7. The van der Waals surface area contributed by atoms with Gasteiger partial charge in [0.1, 0.15) is 17.2 Å². The van der Waals surface area contributed by atoms with Gasteiger partial charge in [-0.05, 0) is 53.9 Å². The third kappa shape index (κ3) is 5.99. The minimum Gasteiger partial charge on any atom is -0.505 e. The van der Waals surface area contributed by atoms with Gasteiger partial charge in [0, 0.05) is 22.7 Å². The quantitative estimate of drug-likeness (QED) is 0.174. The molecule has 0 spiro atoms. The number of phenols is 1. The minimum absolute atomic E-state index is 0.0328. The number of amides is 2. The van der Waals surface area contributed by atoms with E-state index in [1.54, 1.807) is 84.9 Å². The van der Waals surface area contributed by atoms with Gasteiger partial charge in [-0.2, -0.15) is 5.11 Å². The van der Waals surface area contributed by atoms with E-state index in [0.717, 1.165) is 0 Å². The van der Waals surface area contributed by atoms with Crippen molar-refractivity contribution in [2.75, 3.05) is 24.9 Å². The highest BCUT2D eigenvalue weighted by Gasteiger charge is 2.19. The molecule has 0 unspecified atom stereocenters. The van der Waals surface area contributed by atoms with Crippen molar-refractivity contribution in [2.45, 2.75) is 0 Å². The van der Waals surface area contributed by atoms with Crippen LogP contribution in [0.15, 0.2) is 113 Å². The Labute approximate surface area is 236 Å². The maximum absolute atomic E-state index is 13.2. The summed E-state index contributed by atoms with van der Waals surface area (Å²) in [5.41, 5.74) is 1.94. The number of ether oxygens (including phenoxy) is 2. The van der Waals surface area contributed by atoms with Crippen LogP contribution in [0, 0.1) is 0 Å². The van der Waals surface area contributed by atoms with Crippen LogP contribution in [-0.4, -0.2) is 31.1 Å². The topological polar surface area (TPSA) is 122 Å². The Kier molecular flexibility index (Phi) is 7.87. The van der Waals surface area contributed by atoms with Crippen LogP contribution in [0.3, 0.4) is 0 Å². The number of anilines is 2. The Balaban J connectivity index is 1.45. The van der Waals surface area contributed by atoms with E-state index < -0.39 is 5.91 Å². The summed E-state index contributed by atoms with van der Waals surface area (Å²) in [4.78, 5) is 26.1. The molecule has 0 saturated heterocycles. The third-order valence-corrected chi connectivity index (χ3v) is 6.30. The second kappa shape index (κ2) is 12.0. The number of carbonyl (C=O) groups is 2. The summed E-state index contributed by atoms with van der Waals surface area (Å²) < 4.78 is 10.5. The molecule has 2 amide bonds. The molecule has 0 aromatic heterocycles. The van der Waals surface area contributed by atoms with Crippen LogP contribution in [0.5, 0.6) is 17.2 Å². The molecule has 0 bridgehead atoms. The molecule has 5 aromatic rings. The Morgan fingerprint density at radius 2 is 1.51 bits per heavy atom. The third-order valence-electron chi connectivity index (χ3n) is 6.30. The second-order valence-electron chi connectivity index (χ2n) is 8.93. The van der Waals surface area contributed by atoms with Crippen molar-refractivity contribution in [2.24, 2.45) is 10.2 Å². The molecule has 0 fully saturated rings. The first kappa shape index (κ1) is 26.9. The molecule has 0 radical (unpaired) electrons. The monoisotopic (exact) mass is 546 g/mol. The minimum atomic E-state index is -0.520. The summed E-state index contributed by atoms with van der Waals surface area (Å²) in [6, 6.07) is 29.4. The summed E-state index contributed by atoms with van der Waals surface area (Å²) in [6.07, 6.45) is 0. The van der Waals surface area contributed by atoms with Gasteiger partial charge in [0.25, 0.3) is 11.8 Å². The maximum Gasteiger partial charge on any atom is 0.259 e. The standard InChI is InChI=1S/C32H26N4O5/c1-40-24-13-8-11-22(19-24)33-32(39)26-18-20-9-3-4-14-25(20)29(30(26)37)36-35-23-12-7-10-21(17-23)31(38)34-27-15-5-6-16-28(27)41-2/h3-19,37H,1-2H3,(H,33,39)(H,34,38). The number of phenolic OH excluding ortho intramolecular Hbond substituents is 1. The van der Waals surface area contributed by atoms with E-state index in [-0.39, 0.29) is 22.9 Å². The number of methoxy groups -OCH3 is 2. The van der Waals surface area contributed by atoms with Gasteiger partial charge in [-0.25, -0.2) is 0 Å². The number of nitrogens with one attached hydrogen (secondary N) is 2. The van der Waals surface area contributed by atoms with E-state index in [2.05, 4.69) is 20.9 Å². The molecule has 5 aromatic carbocycles. The van der Waals surface area contributed by atoms with E-state index >= 15 is 0 Å². The van der Waals surface area contributed by atoms with E-state index in [4.69, 9.17) is 9.47 Å². The number of benzene rings is 5. The van der Waals surface area contributed by atoms with Crippen LogP contribution in [0.2, 0.25) is 0 Å². The molecular formula is C32H26N4O5. The van der Waals surface area contributed by atoms with Crippen LogP contribution < -0.4 is 20.1 Å². The smallest absolute Gasteiger partial charge is 0.259 e. The SMILES string of the molecule is COc1cccc(NC(=O)c2cc3ccccc3c(N=Nc3cccc(C(=O)Nc4ccccc4OC)c3)c2O)c1. The molecule has 3 N–H and O–H groups in total. The molecule has 5 rings (SSSR count). The fraction of sp³-hybridized carbons (Fsp3) is 0.0625. The maximum atomic E-state index is 13.2. The zero-order valence-corrected chi connectivity index (χ0v) is 22.3. The lowest BCUT2D eigenvalue weighted by Gasteiger charge is -2.12. The summed E-state index contributed by atoms with van der Waals surface area (Å²) in [7, 11) is 3.07. The van der Waals surface area contributed by atoms with Gasteiger partial charge in [0.05, 0.1) is 31.2 Å². The highest BCUT2D eigenvalue weighted by atomic mass is 16.5. The molecule has 0 saturated carbocycles. The van der Waals surface area contributed by atoms with Crippen molar-refractivity contribution in [3.8, 4) is 17.2 Å². The van der Waals surface area contributed by atoms with Crippen molar-refractivity contribution in [1.29, 1.82) is 0 Å². The summed E-state index contributed by atoms with van der Waals surface area (Å²) in [6.45, 7) is 0. The van der Waals surface area contributed by atoms with Crippen molar-refractivity contribution < 1.29 is 24.2 Å². The van der Waals surface area contributed by atoms with E-state index in [9.17, 15) is 14.7 Å². The zero-order valence-electron chi connectivity index (χ0n) is 22.3. The fourth-order valence-electron chi connectivity index (χ4n) is 4.25. The van der Waals surface area contributed by atoms with Crippen molar-refractivity contribution >= 4 is 45.3 Å². The van der Waals surface area contributed by atoms with Gasteiger partial charge in [0.15, 0.2) is 5.75 Å². The molecular weight excluding hydrogens is 520 g/mol. The Hall–Kier alpha value is -5.70. The van der Waals surface area contributed by atoms with Crippen LogP contribution in [0.1, 0.15) is 20.7 Å². The van der Waals surface area contributed by atoms with E-state index in [1.165, 1.54) is 14.2 Å². The largest absolute Gasteiger partial charge is 0.505 e. The summed E-state index contributed by atoms with van der Waals surface area (Å²) in [5, 5.41) is 26.7. The summed E-state index contributed by atoms with van der Waals surface area (Å²) in [5.74, 6) is -0.0739. The predicted octanol–water partition coefficient (Wildman–Crippen LogP) is 7.48. The molecule has 41 heavy (non-hydrogen) atoms. The molecule has 0 heterocycles. The lowest BCUT2D eigenvalue weighted by molar-refractivity contribution is 0.101. The number of hydrogen-bond donors (Lipinski definition) is 3. The molecule has 0 aliphatic rings. The van der Waals surface area contributed by atoms with Gasteiger partial charge >= 0.3 is 0 Å². The predicted molar refractivity (Wildman–Crippen MR) is 158 cm³/mol. The average molecular weight is 547 g/mol. The molecule has 0 aliphatic carbocycles. The first-order valence-corrected chi connectivity index (χ1v) is 12.6. The van der Waals surface area contributed by atoms with Gasteiger partial charge in [-0.3, -0.25) is 9.59 Å². The normalized spacial score (nSPS) is 10.9. The number of nitrogens with zero attached hydrogens (tertiary/aromatic N) is 2. The van der Waals surface area contributed by atoms with Crippen LogP contribution in [0.4, 0.5) is 22.7 Å². The molecule has 9 heteroatoms. The number of fused-ring (bicyclic) bond motifs is 1. The Bertz CT molecular complexity index is 1780. The van der Waals surface area contributed by atoms with Crippen LogP contribution >= 0.6 is 0 Å². The number of azo groups is 1. The van der Waals surface area contributed by atoms with Crippen molar-refractivity contribution in [3.05, 3.63) is 114 Å². The highest BCUT2D eigenvalue weighted by molar-refractivity contribution is 6.11. The number of carbonyl (C=O) groups excluding carboxylic acids is 2. The van der Waals surface area contributed by atoms with Crippen LogP contribution in [-0.2, 0) is 0 Å². The first-order valence-electron chi connectivity index (χ1n) is 12.6. The lowest BCUT2D eigenvalue weighted by Crippen LogP contribution is -2.12. The van der Waals surface area contributed by atoms with E-state index in [1.807, 2.05) is 18.2 Å². The van der Waals surface area contributed by atoms with Gasteiger partial charge in [-0.1, -0.05) is 48.5 Å². The number of para-hydroxylation sites is 2. The average Bonchev–Trinajstić information content (AvgIpc) is 3.00. The lowest BCUT2D eigenvalue weighted by atomic mass is 10.0. The summed E-state index contributed by atoms with van der Waals surface area (Å²) >= 11 is 0. The highest BCUT2D eigenvalue weighted by Crippen LogP contribution is 2.39. The number of rotatable bonds is 8. The first-order chi connectivity index (χ1) is 20.0.